The lowest BCUT2D eigenvalue weighted by Gasteiger charge is -2.08. The molecule has 0 fully saturated rings. The standard InChI is InChI=1S/C19H16N4O3/c1-25-16-6-4-3-5-13(16)19-21-20-18-10-8-14(22-23(18)19)12-7-9-17(26-2)15(24)11-12/h3-11,24H,1-2H3. The number of aromatic nitrogens is 4. The molecule has 1 N–H and O–H groups in total. The lowest BCUT2D eigenvalue weighted by molar-refractivity contribution is 0.373. The Balaban J connectivity index is 1.86. The number of benzene rings is 2. The predicted molar refractivity (Wildman–Crippen MR) is 96.4 cm³/mol. The van der Waals surface area contributed by atoms with E-state index in [1.165, 1.54) is 7.11 Å². The molecule has 0 unspecified atom stereocenters. The summed E-state index contributed by atoms with van der Waals surface area (Å²) >= 11 is 0. The van der Waals surface area contributed by atoms with Crippen LogP contribution in [0.4, 0.5) is 0 Å². The molecule has 0 amide bonds. The maximum Gasteiger partial charge on any atom is 0.189 e. The molecule has 4 aromatic rings. The monoisotopic (exact) mass is 348 g/mol. The summed E-state index contributed by atoms with van der Waals surface area (Å²) in [5, 5.41) is 23.1. The van der Waals surface area contributed by atoms with Crippen molar-refractivity contribution < 1.29 is 14.6 Å². The van der Waals surface area contributed by atoms with E-state index in [0.717, 1.165) is 11.1 Å². The summed E-state index contributed by atoms with van der Waals surface area (Å²) in [7, 11) is 3.12. The zero-order valence-electron chi connectivity index (χ0n) is 14.2. The summed E-state index contributed by atoms with van der Waals surface area (Å²) in [6.45, 7) is 0. The maximum absolute atomic E-state index is 10.0. The minimum absolute atomic E-state index is 0.0561. The predicted octanol–water partition coefficient (Wildman–Crippen LogP) is 3.18. The highest BCUT2D eigenvalue weighted by Gasteiger charge is 2.15. The summed E-state index contributed by atoms with van der Waals surface area (Å²) in [6, 6.07) is 16.4. The minimum Gasteiger partial charge on any atom is -0.504 e. The van der Waals surface area contributed by atoms with Crippen molar-refractivity contribution in [3.63, 3.8) is 0 Å². The first-order chi connectivity index (χ1) is 12.7. The molecule has 4 rings (SSSR count). The van der Waals surface area contributed by atoms with Crippen molar-refractivity contribution in [1.82, 2.24) is 19.8 Å². The number of rotatable bonds is 4. The maximum atomic E-state index is 10.0. The molecule has 0 aliphatic carbocycles. The molecule has 2 heterocycles. The molecule has 0 radical (unpaired) electrons. The number of phenolic OH excluding ortho intramolecular Hbond substituents is 1. The lowest BCUT2D eigenvalue weighted by Crippen LogP contribution is -1.98. The molecular formula is C19H16N4O3. The van der Waals surface area contributed by atoms with Gasteiger partial charge in [-0.2, -0.15) is 9.61 Å². The molecule has 0 aliphatic heterocycles. The van der Waals surface area contributed by atoms with Crippen molar-refractivity contribution in [3.05, 3.63) is 54.6 Å². The van der Waals surface area contributed by atoms with Crippen molar-refractivity contribution >= 4 is 5.65 Å². The largest absolute Gasteiger partial charge is 0.504 e. The van der Waals surface area contributed by atoms with E-state index in [1.807, 2.05) is 42.5 Å². The number of nitrogens with zero attached hydrogens (tertiary/aromatic N) is 4. The summed E-state index contributed by atoms with van der Waals surface area (Å²) in [6.07, 6.45) is 0. The second kappa shape index (κ2) is 6.36. The molecule has 26 heavy (non-hydrogen) atoms. The fourth-order valence-electron chi connectivity index (χ4n) is 2.79. The molecule has 7 nitrogen and oxygen atoms in total. The normalized spacial score (nSPS) is 10.8. The van der Waals surface area contributed by atoms with Crippen LogP contribution in [0, 0.1) is 0 Å². The zero-order chi connectivity index (χ0) is 18.1. The van der Waals surface area contributed by atoms with E-state index in [4.69, 9.17) is 9.47 Å². The van der Waals surface area contributed by atoms with E-state index < -0.39 is 0 Å². The smallest absolute Gasteiger partial charge is 0.189 e. The summed E-state index contributed by atoms with van der Waals surface area (Å²) in [4.78, 5) is 0. The third kappa shape index (κ3) is 2.59. The van der Waals surface area contributed by atoms with Crippen LogP contribution in [-0.4, -0.2) is 39.1 Å². The highest BCUT2D eigenvalue weighted by molar-refractivity contribution is 5.68. The molecule has 2 aromatic carbocycles. The lowest BCUT2D eigenvalue weighted by atomic mass is 10.1. The number of fused-ring (bicyclic) bond motifs is 1. The van der Waals surface area contributed by atoms with Gasteiger partial charge in [0.1, 0.15) is 5.75 Å². The van der Waals surface area contributed by atoms with E-state index in [0.29, 0.717) is 28.7 Å². The first kappa shape index (κ1) is 15.9. The molecular weight excluding hydrogens is 332 g/mol. The van der Waals surface area contributed by atoms with Crippen LogP contribution in [0.5, 0.6) is 17.2 Å². The highest BCUT2D eigenvalue weighted by Crippen LogP contribution is 2.32. The molecule has 130 valence electrons. The number of hydrogen-bond acceptors (Lipinski definition) is 6. The number of ether oxygens (including phenoxy) is 2. The van der Waals surface area contributed by atoms with E-state index in [1.54, 1.807) is 23.8 Å². The van der Waals surface area contributed by atoms with Gasteiger partial charge in [0.15, 0.2) is 23.0 Å². The van der Waals surface area contributed by atoms with E-state index in [2.05, 4.69) is 15.3 Å². The average molecular weight is 348 g/mol. The molecule has 0 saturated heterocycles. The van der Waals surface area contributed by atoms with Gasteiger partial charge in [-0.15, -0.1) is 10.2 Å². The van der Waals surface area contributed by atoms with Gasteiger partial charge in [0.25, 0.3) is 0 Å². The number of para-hydroxylation sites is 1. The Morgan fingerprint density at radius 2 is 1.69 bits per heavy atom. The van der Waals surface area contributed by atoms with Crippen LogP contribution in [0.15, 0.2) is 54.6 Å². The Bertz CT molecular complexity index is 1090. The van der Waals surface area contributed by atoms with Crippen LogP contribution in [-0.2, 0) is 0 Å². The van der Waals surface area contributed by atoms with Crippen molar-refractivity contribution in [2.24, 2.45) is 0 Å². The van der Waals surface area contributed by atoms with Crippen LogP contribution in [0.1, 0.15) is 0 Å². The van der Waals surface area contributed by atoms with Gasteiger partial charge in [0.05, 0.1) is 25.5 Å². The van der Waals surface area contributed by atoms with Crippen molar-refractivity contribution in [2.45, 2.75) is 0 Å². The minimum atomic E-state index is 0.0561. The molecule has 2 aromatic heterocycles. The number of phenols is 1. The first-order valence-electron chi connectivity index (χ1n) is 7.94. The van der Waals surface area contributed by atoms with Gasteiger partial charge in [-0.05, 0) is 42.5 Å². The number of aromatic hydroxyl groups is 1. The van der Waals surface area contributed by atoms with Crippen LogP contribution < -0.4 is 9.47 Å². The van der Waals surface area contributed by atoms with Crippen molar-refractivity contribution in [2.75, 3.05) is 14.2 Å². The van der Waals surface area contributed by atoms with Crippen molar-refractivity contribution in [3.8, 4) is 39.9 Å². The highest BCUT2D eigenvalue weighted by atomic mass is 16.5. The Labute approximate surface area is 149 Å². The summed E-state index contributed by atoms with van der Waals surface area (Å²) in [5.74, 6) is 1.74. The average Bonchev–Trinajstić information content (AvgIpc) is 3.10. The van der Waals surface area contributed by atoms with E-state index >= 15 is 0 Å². The Hall–Kier alpha value is -3.61. The van der Waals surface area contributed by atoms with Crippen LogP contribution >= 0.6 is 0 Å². The van der Waals surface area contributed by atoms with Crippen molar-refractivity contribution in [1.29, 1.82) is 0 Å². The van der Waals surface area contributed by atoms with Gasteiger partial charge in [0, 0.05) is 5.56 Å². The third-order valence-corrected chi connectivity index (χ3v) is 4.09. The van der Waals surface area contributed by atoms with Gasteiger partial charge in [-0.1, -0.05) is 12.1 Å². The Kier molecular flexibility index (Phi) is 3.89. The fourth-order valence-corrected chi connectivity index (χ4v) is 2.79. The molecule has 0 bridgehead atoms. The van der Waals surface area contributed by atoms with Gasteiger partial charge < -0.3 is 14.6 Å². The third-order valence-electron chi connectivity index (χ3n) is 4.09. The summed E-state index contributed by atoms with van der Waals surface area (Å²) < 4.78 is 12.2. The zero-order valence-corrected chi connectivity index (χ0v) is 14.2. The molecule has 7 heteroatoms. The second-order valence-electron chi connectivity index (χ2n) is 5.60. The van der Waals surface area contributed by atoms with Gasteiger partial charge in [-0.25, -0.2) is 0 Å². The van der Waals surface area contributed by atoms with Crippen LogP contribution in [0.25, 0.3) is 28.3 Å². The summed E-state index contributed by atoms with van der Waals surface area (Å²) in [5.41, 5.74) is 2.84. The van der Waals surface area contributed by atoms with E-state index in [-0.39, 0.29) is 5.75 Å². The SMILES string of the molecule is COc1ccc(-c2ccc3nnc(-c4ccccc4OC)n3n2)cc1O. The molecule has 0 aliphatic rings. The fraction of sp³-hybridized carbons (Fsp3) is 0.105. The van der Waals surface area contributed by atoms with Gasteiger partial charge in [-0.3, -0.25) is 0 Å². The molecule has 0 saturated carbocycles. The molecule has 0 atom stereocenters. The number of hydrogen-bond donors (Lipinski definition) is 1. The first-order valence-corrected chi connectivity index (χ1v) is 7.94. The second-order valence-corrected chi connectivity index (χ2v) is 5.60. The Morgan fingerprint density at radius 1 is 0.885 bits per heavy atom. The van der Waals surface area contributed by atoms with Gasteiger partial charge >= 0.3 is 0 Å². The molecule has 0 spiro atoms. The quantitative estimate of drug-likeness (QED) is 0.610. The van der Waals surface area contributed by atoms with E-state index in [9.17, 15) is 5.11 Å². The van der Waals surface area contributed by atoms with Gasteiger partial charge in [0.2, 0.25) is 0 Å². The Morgan fingerprint density at radius 3 is 2.46 bits per heavy atom. The van der Waals surface area contributed by atoms with Crippen LogP contribution in [0.2, 0.25) is 0 Å². The topological polar surface area (TPSA) is 81.8 Å². The van der Waals surface area contributed by atoms with Crippen LogP contribution in [0.3, 0.4) is 0 Å². The number of methoxy groups -OCH3 is 2.